The smallest absolute Gasteiger partial charge is 0.134 e. The van der Waals surface area contributed by atoms with Crippen molar-refractivity contribution in [3.8, 4) is 0 Å². The van der Waals surface area contributed by atoms with Crippen LogP contribution in [0, 0.1) is 5.92 Å². The molecule has 1 heterocycles. The van der Waals surface area contributed by atoms with E-state index in [1.54, 1.807) is 0 Å². The van der Waals surface area contributed by atoms with Gasteiger partial charge in [-0.25, -0.2) is 0 Å². The van der Waals surface area contributed by atoms with Gasteiger partial charge >= 0.3 is 0 Å². The molecule has 1 unspecified atom stereocenters. The summed E-state index contributed by atoms with van der Waals surface area (Å²) in [6, 6.07) is 8.09. The molecule has 1 aromatic heterocycles. The second-order valence-corrected chi connectivity index (χ2v) is 5.44. The van der Waals surface area contributed by atoms with Crippen LogP contribution < -0.4 is 5.32 Å². The van der Waals surface area contributed by atoms with E-state index < -0.39 is 0 Å². The summed E-state index contributed by atoms with van der Waals surface area (Å²) in [5.74, 6) is 1.49. The standard InChI is InChI=1S/C15H20ClNO/c1-4-7-17-15(10(2)3)14-9-11-8-12(16)5-6-13(11)18-14/h5-6,8-10,15,17H,4,7H2,1-3H3. The first-order valence-corrected chi connectivity index (χ1v) is 6.92. The summed E-state index contributed by atoms with van der Waals surface area (Å²) in [6.07, 6.45) is 1.12. The summed E-state index contributed by atoms with van der Waals surface area (Å²) >= 11 is 6.00. The predicted molar refractivity (Wildman–Crippen MR) is 77.1 cm³/mol. The van der Waals surface area contributed by atoms with E-state index in [1.165, 1.54) is 0 Å². The Bertz CT molecular complexity index is 518. The van der Waals surface area contributed by atoms with Gasteiger partial charge in [0.05, 0.1) is 6.04 Å². The zero-order chi connectivity index (χ0) is 13.1. The molecular formula is C15H20ClNO. The van der Waals surface area contributed by atoms with Crippen LogP contribution in [0.15, 0.2) is 28.7 Å². The fourth-order valence-corrected chi connectivity index (χ4v) is 2.33. The van der Waals surface area contributed by atoms with Gasteiger partial charge in [0, 0.05) is 10.4 Å². The highest BCUT2D eigenvalue weighted by atomic mass is 35.5. The molecule has 0 saturated carbocycles. The summed E-state index contributed by atoms with van der Waals surface area (Å²) in [7, 11) is 0. The molecule has 98 valence electrons. The van der Waals surface area contributed by atoms with Gasteiger partial charge in [0.2, 0.25) is 0 Å². The van der Waals surface area contributed by atoms with E-state index in [-0.39, 0.29) is 6.04 Å². The van der Waals surface area contributed by atoms with Gasteiger partial charge in [-0.3, -0.25) is 0 Å². The number of fused-ring (bicyclic) bond motifs is 1. The Morgan fingerprint density at radius 1 is 1.28 bits per heavy atom. The number of halogens is 1. The van der Waals surface area contributed by atoms with Crippen LogP contribution in [-0.2, 0) is 0 Å². The lowest BCUT2D eigenvalue weighted by Crippen LogP contribution is -2.25. The maximum atomic E-state index is 6.00. The highest BCUT2D eigenvalue weighted by molar-refractivity contribution is 6.31. The summed E-state index contributed by atoms with van der Waals surface area (Å²) in [5.41, 5.74) is 0.901. The third-order valence-electron chi connectivity index (χ3n) is 3.08. The SMILES string of the molecule is CCCNC(c1cc2cc(Cl)ccc2o1)C(C)C. The van der Waals surface area contributed by atoms with E-state index in [0.29, 0.717) is 5.92 Å². The fourth-order valence-electron chi connectivity index (χ4n) is 2.15. The molecule has 0 aliphatic carbocycles. The van der Waals surface area contributed by atoms with E-state index in [2.05, 4.69) is 32.2 Å². The van der Waals surface area contributed by atoms with Gasteiger partial charge in [-0.2, -0.15) is 0 Å². The van der Waals surface area contributed by atoms with Gasteiger partial charge in [-0.1, -0.05) is 32.4 Å². The average Bonchev–Trinajstić information content (AvgIpc) is 2.71. The van der Waals surface area contributed by atoms with E-state index in [4.69, 9.17) is 16.0 Å². The summed E-state index contributed by atoms with van der Waals surface area (Å²) < 4.78 is 5.92. The average molecular weight is 266 g/mol. The van der Waals surface area contributed by atoms with Crippen molar-refractivity contribution in [3.63, 3.8) is 0 Å². The number of benzene rings is 1. The first kappa shape index (κ1) is 13.4. The number of hydrogen-bond acceptors (Lipinski definition) is 2. The van der Waals surface area contributed by atoms with Crippen LogP contribution in [0.4, 0.5) is 0 Å². The van der Waals surface area contributed by atoms with E-state index in [0.717, 1.165) is 34.7 Å². The molecule has 0 fully saturated rings. The Kier molecular flexibility index (Phi) is 4.31. The van der Waals surface area contributed by atoms with E-state index >= 15 is 0 Å². The van der Waals surface area contributed by atoms with Gasteiger partial charge < -0.3 is 9.73 Å². The van der Waals surface area contributed by atoms with Gasteiger partial charge in [0.15, 0.2) is 0 Å². The molecule has 0 aliphatic heterocycles. The first-order chi connectivity index (χ1) is 8.61. The molecule has 2 nitrogen and oxygen atoms in total. The first-order valence-electron chi connectivity index (χ1n) is 6.54. The minimum atomic E-state index is 0.260. The minimum absolute atomic E-state index is 0.260. The fraction of sp³-hybridized carbons (Fsp3) is 0.467. The Labute approximate surface area is 113 Å². The van der Waals surface area contributed by atoms with Crippen molar-refractivity contribution < 1.29 is 4.42 Å². The Morgan fingerprint density at radius 2 is 2.06 bits per heavy atom. The summed E-state index contributed by atoms with van der Waals surface area (Å²) in [4.78, 5) is 0. The number of furan rings is 1. The van der Waals surface area contributed by atoms with Crippen molar-refractivity contribution in [1.82, 2.24) is 5.32 Å². The lowest BCUT2D eigenvalue weighted by Gasteiger charge is -2.19. The second-order valence-electron chi connectivity index (χ2n) is 5.01. The van der Waals surface area contributed by atoms with Crippen molar-refractivity contribution in [1.29, 1.82) is 0 Å². The Hall–Kier alpha value is -0.990. The number of rotatable bonds is 5. The Morgan fingerprint density at radius 3 is 2.72 bits per heavy atom. The van der Waals surface area contributed by atoms with Crippen molar-refractivity contribution in [3.05, 3.63) is 35.0 Å². The van der Waals surface area contributed by atoms with Crippen molar-refractivity contribution >= 4 is 22.6 Å². The third kappa shape index (κ3) is 2.88. The van der Waals surface area contributed by atoms with E-state index in [1.807, 2.05) is 18.2 Å². The number of hydrogen-bond donors (Lipinski definition) is 1. The van der Waals surface area contributed by atoms with Gasteiger partial charge in [-0.15, -0.1) is 0 Å². The minimum Gasteiger partial charge on any atom is -0.459 e. The molecule has 0 saturated heterocycles. The van der Waals surface area contributed by atoms with Crippen LogP contribution >= 0.6 is 11.6 Å². The molecule has 0 spiro atoms. The lowest BCUT2D eigenvalue weighted by molar-refractivity contribution is 0.351. The monoisotopic (exact) mass is 265 g/mol. The molecule has 2 rings (SSSR count). The molecule has 1 atom stereocenters. The van der Waals surface area contributed by atoms with E-state index in [9.17, 15) is 0 Å². The summed E-state index contributed by atoms with van der Waals surface area (Å²) in [6.45, 7) is 7.57. The normalized spacial score (nSPS) is 13.4. The maximum absolute atomic E-state index is 6.00. The third-order valence-corrected chi connectivity index (χ3v) is 3.32. The number of nitrogens with one attached hydrogen (secondary N) is 1. The Balaban J connectivity index is 2.32. The zero-order valence-corrected chi connectivity index (χ0v) is 11.9. The molecule has 0 amide bonds. The van der Waals surface area contributed by atoms with Crippen LogP contribution in [0.25, 0.3) is 11.0 Å². The lowest BCUT2D eigenvalue weighted by atomic mass is 10.0. The topological polar surface area (TPSA) is 25.2 Å². The van der Waals surface area contributed by atoms with Gasteiger partial charge in [0.1, 0.15) is 11.3 Å². The van der Waals surface area contributed by atoms with Crippen molar-refractivity contribution in [2.75, 3.05) is 6.54 Å². The highest BCUT2D eigenvalue weighted by Crippen LogP contribution is 2.29. The quantitative estimate of drug-likeness (QED) is 0.841. The predicted octanol–water partition coefficient (Wildman–Crippen LogP) is 4.78. The van der Waals surface area contributed by atoms with Crippen LogP contribution in [0.3, 0.4) is 0 Å². The zero-order valence-electron chi connectivity index (χ0n) is 11.2. The van der Waals surface area contributed by atoms with Gasteiger partial charge in [-0.05, 0) is 43.1 Å². The van der Waals surface area contributed by atoms with Crippen LogP contribution in [-0.4, -0.2) is 6.54 Å². The maximum Gasteiger partial charge on any atom is 0.134 e. The largest absolute Gasteiger partial charge is 0.459 e. The molecule has 0 bridgehead atoms. The molecule has 0 aliphatic rings. The molecule has 1 aromatic carbocycles. The molecule has 1 N–H and O–H groups in total. The van der Waals surface area contributed by atoms with Crippen LogP contribution in [0.2, 0.25) is 5.02 Å². The second kappa shape index (κ2) is 5.77. The molecule has 0 radical (unpaired) electrons. The summed E-state index contributed by atoms with van der Waals surface area (Å²) in [5, 5.41) is 5.35. The van der Waals surface area contributed by atoms with Crippen molar-refractivity contribution in [2.24, 2.45) is 5.92 Å². The van der Waals surface area contributed by atoms with Crippen LogP contribution in [0.5, 0.6) is 0 Å². The highest BCUT2D eigenvalue weighted by Gasteiger charge is 2.19. The molecular weight excluding hydrogens is 246 g/mol. The molecule has 3 heteroatoms. The van der Waals surface area contributed by atoms with Crippen LogP contribution in [0.1, 0.15) is 39.0 Å². The molecule has 18 heavy (non-hydrogen) atoms. The van der Waals surface area contributed by atoms with Crippen molar-refractivity contribution in [2.45, 2.75) is 33.2 Å². The van der Waals surface area contributed by atoms with Gasteiger partial charge in [0.25, 0.3) is 0 Å². The molecule has 2 aromatic rings.